The van der Waals surface area contributed by atoms with E-state index < -0.39 is 6.61 Å². The Morgan fingerprint density at radius 2 is 1.97 bits per heavy atom. The molecule has 0 spiro atoms. The molecule has 1 aromatic carbocycles. The normalized spacial score (nSPS) is 15.7. The first-order valence-electron chi connectivity index (χ1n) is 9.93. The lowest BCUT2D eigenvalue weighted by molar-refractivity contribution is -0.0520. The largest absolute Gasteiger partial charge is 0.490 e. The van der Waals surface area contributed by atoms with Crippen molar-refractivity contribution in [2.24, 2.45) is 10.9 Å². The van der Waals surface area contributed by atoms with Gasteiger partial charge in [-0.3, -0.25) is 0 Å². The Morgan fingerprint density at radius 1 is 1.24 bits per heavy atom. The van der Waals surface area contributed by atoms with E-state index in [1.807, 2.05) is 6.92 Å². The number of rotatable bonds is 9. The van der Waals surface area contributed by atoms with Crippen LogP contribution in [0.3, 0.4) is 0 Å². The number of piperidine rings is 1. The fraction of sp³-hybridized carbons (Fsp3) is 0.650. The van der Waals surface area contributed by atoms with Crippen LogP contribution >= 0.6 is 24.0 Å². The van der Waals surface area contributed by atoms with Crippen molar-refractivity contribution in [1.29, 1.82) is 0 Å². The van der Waals surface area contributed by atoms with Crippen LogP contribution in [-0.2, 0) is 6.54 Å². The first kappa shape index (κ1) is 25.7. The summed E-state index contributed by atoms with van der Waals surface area (Å²) in [5.41, 5.74) is 0.558. The number of aliphatic imine (C=N–C) groups is 1. The van der Waals surface area contributed by atoms with Crippen LogP contribution in [0.5, 0.6) is 11.5 Å². The Bertz CT molecular complexity index is 626. The minimum Gasteiger partial charge on any atom is -0.490 e. The summed E-state index contributed by atoms with van der Waals surface area (Å²) in [6, 6.07) is 5.11. The summed E-state index contributed by atoms with van der Waals surface area (Å²) in [6.45, 7) is 5.24. The van der Waals surface area contributed by atoms with Crippen molar-refractivity contribution >= 4 is 29.9 Å². The van der Waals surface area contributed by atoms with Gasteiger partial charge in [0.05, 0.1) is 13.2 Å². The molecule has 0 saturated carbocycles. The highest BCUT2D eigenvalue weighted by molar-refractivity contribution is 14.0. The molecule has 0 unspecified atom stereocenters. The van der Waals surface area contributed by atoms with Gasteiger partial charge < -0.3 is 25.0 Å². The van der Waals surface area contributed by atoms with E-state index in [1.165, 1.54) is 0 Å². The van der Waals surface area contributed by atoms with Crippen LogP contribution in [0.15, 0.2) is 23.2 Å². The molecule has 29 heavy (non-hydrogen) atoms. The van der Waals surface area contributed by atoms with Crippen molar-refractivity contribution in [3.05, 3.63) is 23.8 Å². The highest BCUT2D eigenvalue weighted by atomic mass is 127. The van der Waals surface area contributed by atoms with Gasteiger partial charge >= 0.3 is 6.61 Å². The molecular formula is C20H33F2IN4O2. The van der Waals surface area contributed by atoms with Crippen LogP contribution in [0.25, 0.3) is 0 Å². The number of nitrogens with one attached hydrogen (secondary N) is 2. The van der Waals surface area contributed by atoms with E-state index in [1.54, 1.807) is 25.1 Å². The molecule has 0 radical (unpaired) electrons. The van der Waals surface area contributed by atoms with Crippen LogP contribution in [0, 0.1) is 5.92 Å². The van der Waals surface area contributed by atoms with Crippen LogP contribution in [0.1, 0.15) is 32.3 Å². The van der Waals surface area contributed by atoms with Gasteiger partial charge in [0.15, 0.2) is 17.5 Å². The molecule has 0 amide bonds. The Hall–Kier alpha value is -1.36. The fourth-order valence-electron chi connectivity index (χ4n) is 3.19. The number of nitrogens with zero attached hydrogens (tertiary/aromatic N) is 2. The van der Waals surface area contributed by atoms with Crippen LogP contribution in [0.4, 0.5) is 8.78 Å². The average molecular weight is 526 g/mol. The highest BCUT2D eigenvalue weighted by Gasteiger charge is 2.18. The standard InChI is InChI=1S/C20H32F2N4O2.HI/c1-4-23-20(24-13-15-9-11-26(3)12-10-15)25-14-16-7-6-8-17(27-5-2)18(16)28-19(21)22;/h6-8,15,19H,4-5,9-14H2,1-3H3,(H2,23,24,25);1H. The third kappa shape index (κ3) is 8.90. The third-order valence-electron chi connectivity index (χ3n) is 4.72. The quantitative estimate of drug-likeness (QED) is 0.292. The molecule has 0 aromatic heterocycles. The molecule has 0 bridgehead atoms. The predicted octanol–water partition coefficient (Wildman–Crippen LogP) is 3.70. The molecule has 1 aromatic rings. The maximum absolute atomic E-state index is 12.9. The summed E-state index contributed by atoms with van der Waals surface area (Å²) in [7, 11) is 2.14. The van der Waals surface area contributed by atoms with Crippen LogP contribution in [0.2, 0.25) is 0 Å². The lowest BCUT2D eigenvalue weighted by Crippen LogP contribution is -2.42. The molecule has 166 valence electrons. The smallest absolute Gasteiger partial charge is 0.387 e. The zero-order chi connectivity index (χ0) is 20.4. The molecule has 9 heteroatoms. The lowest BCUT2D eigenvalue weighted by Gasteiger charge is -2.29. The first-order chi connectivity index (χ1) is 13.5. The van der Waals surface area contributed by atoms with Crippen molar-refractivity contribution in [2.75, 3.05) is 39.8 Å². The minimum atomic E-state index is -2.92. The molecule has 1 aliphatic rings. The second kappa shape index (κ2) is 13.8. The fourth-order valence-corrected chi connectivity index (χ4v) is 3.19. The van der Waals surface area contributed by atoms with E-state index in [0.717, 1.165) is 39.0 Å². The van der Waals surface area contributed by atoms with E-state index in [4.69, 9.17) is 9.47 Å². The summed E-state index contributed by atoms with van der Waals surface area (Å²) in [5.74, 6) is 1.64. The number of halogens is 3. The van der Waals surface area contributed by atoms with Gasteiger partial charge in [-0.25, -0.2) is 4.99 Å². The third-order valence-corrected chi connectivity index (χ3v) is 4.72. The van der Waals surface area contributed by atoms with Crippen molar-refractivity contribution in [1.82, 2.24) is 15.5 Å². The molecular weight excluding hydrogens is 493 g/mol. The molecule has 1 aliphatic heterocycles. The van der Waals surface area contributed by atoms with Crippen molar-refractivity contribution in [3.8, 4) is 11.5 Å². The highest BCUT2D eigenvalue weighted by Crippen LogP contribution is 2.33. The van der Waals surface area contributed by atoms with Crippen LogP contribution in [-0.4, -0.2) is 57.3 Å². The second-order valence-electron chi connectivity index (χ2n) is 6.88. The van der Waals surface area contributed by atoms with Gasteiger partial charge in [-0.2, -0.15) is 8.78 Å². The average Bonchev–Trinajstić information content (AvgIpc) is 2.67. The summed E-state index contributed by atoms with van der Waals surface area (Å²) in [6.07, 6.45) is 2.32. The summed E-state index contributed by atoms with van der Waals surface area (Å²) in [4.78, 5) is 6.89. The molecule has 1 heterocycles. The topological polar surface area (TPSA) is 58.1 Å². The molecule has 2 N–H and O–H groups in total. The van der Waals surface area contributed by atoms with E-state index in [-0.39, 0.29) is 36.3 Å². The number of guanidine groups is 1. The van der Waals surface area contributed by atoms with Crippen molar-refractivity contribution in [3.63, 3.8) is 0 Å². The van der Waals surface area contributed by atoms with Gasteiger partial charge in [0, 0.05) is 18.7 Å². The van der Waals surface area contributed by atoms with Gasteiger partial charge in [0.25, 0.3) is 0 Å². The van der Waals surface area contributed by atoms with Gasteiger partial charge in [0.2, 0.25) is 0 Å². The van der Waals surface area contributed by atoms with Gasteiger partial charge in [0.1, 0.15) is 0 Å². The van der Waals surface area contributed by atoms with Gasteiger partial charge in [-0.15, -0.1) is 24.0 Å². The maximum atomic E-state index is 12.9. The zero-order valence-corrected chi connectivity index (χ0v) is 19.7. The first-order valence-corrected chi connectivity index (χ1v) is 9.93. The number of likely N-dealkylation sites (tertiary alicyclic amines) is 1. The molecule has 1 saturated heterocycles. The molecule has 0 aliphatic carbocycles. The second-order valence-corrected chi connectivity index (χ2v) is 6.88. The Morgan fingerprint density at radius 3 is 2.59 bits per heavy atom. The molecule has 2 rings (SSSR count). The molecule has 1 fully saturated rings. The molecule has 6 nitrogen and oxygen atoms in total. The lowest BCUT2D eigenvalue weighted by atomic mass is 9.97. The summed E-state index contributed by atoms with van der Waals surface area (Å²) < 4.78 is 35.8. The monoisotopic (exact) mass is 526 g/mol. The maximum Gasteiger partial charge on any atom is 0.387 e. The molecule has 0 atom stereocenters. The number of hydrogen-bond acceptors (Lipinski definition) is 4. The Kier molecular flexibility index (Phi) is 12.2. The number of hydrogen-bond donors (Lipinski definition) is 2. The van der Waals surface area contributed by atoms with Gasteiger partial charge in [-0.05, 0) is 58.8 Å². The Balaban J connectivity index is 0.00000420. The van der Waals surface area contributed by atoms with Crippen LogP contribution < -0.4 is 20.1 Å². The van der Waals surface area contributed by atoms with E-state index in [9.17, 15) is 8.78 Å². The number of benzene rings is 1. The summed E-state index contributed by atoms with van der Waals surface area (Å²) >= 11 is 0. The minimum absolute atomic E-state index is 0. The number of alkyl halides is 2. The number of para-hydroxylation sites is 1. The zero-order valence-electron chi connectivity index (χ0n) is 17.4. The van der Waals surface area contributed by atoms with Crippen molar-refractivity contribution in [2.45, 2.75) is 39.8 Å². The van der Waals surface area contributed by atoms with E-state index in [2.05, 4.69) is 27.6 Å². The van der Waals surface area contributed by atoms with Crippen molar-refractivity contribution < 1.29 is 18.3 Å². The summed E-state index contributed by atoms with van der Waals surface area (Å²) in [5, 5.41) is 6.59. The van der Waals surface area contributed by atoms with Gasteiger partial charge in [-0.1, -0.05) is 12.1 Å². The Labute approximate surface area is 189 Å². The predicted molar refractivity (Wildman–Crippen MR) is 123 cm³/mol. The number of ether oxygens (including phenoxy) is 2. The SMILES string of the molecule is CCNC(=NCc1cccc(OCC)c1OC(F)F)NCC1CCN(C)CC1.I. The van der Waals surface area contributed by atoms with E-state index in [0.29, 0.717) is 29.8 Å². The van der Waals surface area contributed by atoms with E-state index >= 15 is 0 Å².